The molecule has 0 aliphatic heterocycles. The van der Waals surface area contributed by atoms with E-state index in [0.717, 1.165) is 12.8 Å². The normalized spacial score (nSPS) is 9.62. The van der Waals surface area contributed by atoms with E-state index in [0.29, 0.717) is 5.75 Å². The van der Waals surface area contributed by atoms with Gasteiger partial charge in [0.05, 0.1) is 0 Å². The van der Waals surface area contributed by atoms with Crippen molar-refractivity contribution < 1.29 is 9.53 Å². The molecule has 0 atom stereocenters. The summed E-state index contributed by atoms with van der Waals surface area (Å²) in [5, 5.41) is 0. The molecule has 1 rings (SSSR count). The minimum absolute atomic E-state index is 0.493. The number of primary amides is 1. The van der Waals surface area contributed by atoms with Crippen LogP contribution in [-0.2, 0) is 6.42 Å². The van der Waals surface area contributed by atoms with Gasteiger partial charge < -0.3 is 10.5 Å². The molecule has 3 heteroatoms. The fraction of sp³-hybridized carbons (Fsp3) is 0.300. The molecule has 0 spiro atoms. The highest BCUT2D eigenvalue weighted by Gasteiger charge is 1.97. The summed E-state index contributed by atoms with van der Waals surface area (Å²) in [6.45, 7) is 2.12. The highest BCUT2D eigenvalue weighted by molar-refractivity contribution is 5.67. The number of carbonyl (C=O) groups excluding carboxylic acids is 1. The van der Waals surface area contributed by atoms with Crippen molar-refractivity contribution in [3.8, 4) is 5.75 Å². The van der Waals surface area contributed by atoms with Gasteiger partial charge in [-0.05, 0) is 24.1 Å². The summed E-state index contributed by atoms with van der Waals surface area (Å²) in [4.78, 5) is 10.4. The molecule has 0 saturated carbocycles. The van der Waals surface area contributed by atoms with Crippen LogP contribution in [0.3, 0.4) is 0 Å². The molecule has 1 aromatic rings. The van der Waals surface area contributed by atoms with E-state index in [1.165, 1.54) is 5.56 Å². The first kappa shape index (κ1) is 9.58. The molecular formula is C10H13NO2. The van der Waals surface area contributed by atoms with Gasteiger partial charge in [0.25, 0.3) is 0 Å². The third kappa shape index (κ3) is 3.15. The molecule has 1 aromatic carbocycles. The largest absolute Gasteiger partial charge is 0.411 e. The van der Waals surface area contributed by atoms with Crippen molar-refractivity contribution in [2.45, 2.75) is 19.8 Å². The van der Waals surface area contributed by atoms with E-state index in [4.69, 9.17) is 5.73 Å². The fourth-order valence-corrected chi connectivity index (χ4v) is 1.13. The lowest BCUT2D eigenvalue weighted by Crippen LogP contribution is -2.16. The molecule has 0 saturated heterocycles. The Labute approximate surface area is 77.5 Å². The molecule has 0 aliphatic carbocycles. The fourth-order valence-electron chi connectivity index (χ4n) is 1.13. The van der Waals surface area contributed by atoms with Crippen LogP contribution >= 0.6 is 0 Å². The number of ether oxygens (including phenoxy) is 1. The summed E-state index contributed by atoms with van der Waals surface area (Å²) in [6, 6.07) is 7.36. The van der Waals surface area contributed by atoms with Gasteiger partial charge in [0.15, 0.2) is 0 Å². The zero-order valence-electron chi connectivity index (χ0n) is 7.62. The Bertz CT molecular complexity index is 279. The summed E-state index contributed by atoms with van der Waals surface area (Å²) in [5.41, 5.74) is 6.10. The summed E-state index contributed by atoms with van der Waals surface area (Å²) >= 11 is 0. The van der Waals surface area contributed by atoms with Gasteiger partial charge in [0, 0.05) is 0 Å². The van der Waals surface area contributed by atoms with Gasteiger partial charge in [0.1, 0.15) is 5.75 Å². The van der Waals surface area contributed by atoms with Gasteiger partial charge in [-0.25, -0.2) is 4.79 Å². The lowest BCUT2D eigenvalue weighted by atomic mass is 10.1. The number of aryl methyl sites for hydroxylation is 1. The van der Waals surface area contributed by atoms with E-state index in [-0.39, 0.29) is 0 Å². The van der Waals surface area contributed by atoms with Crippen molar-refractivity contribution in [3.05, 3.63) is 29.8 Å². The topological polar surface area (TPSA) is 52.3 Å². The van der Waals surface area contributed by atoms with Gasteiger partial charge in [-0.2, -0.15) is 0 Å². The second-order valence-electron chi connectivity index (χ2n) is 2.82. The maximum absolute atomic E-state index is 10.4. The minimum Gasteiger partial charge on any atom is -0.411 e. The zero-order chi connectivity index (χ0) is 9.68. The molecule has 70 valence electrons. The average Bonchev–Trinajstić information content (AvgIpc) is 2.08. The first-order valence-corrected chi connectivity index (χ1v) is 4.28. The number of hydrogen-bond donors (Lipinski definition) is 1. The molecule has 0 aliphatic rings. The van der Waals surface area contributed by atoms with Crippen LogP contribution in [0.2, 0.25) is 0 Å². The number of benzene rings is 1. The molecule has 3 nitrogen and oxygen atoms in total. The summed E-state index contributed by atoms with van der Waals surface area (Å²) in [7, 11) is 0. The van der Waals surface area contributed by atoms with Crippen molar-refractivity contribution in [1.82, 2.24) is 0 Å². The number of nitrogens with two attached hydrogens (primary N) is 1. The average molecular weight is 179 g/mol. The zero-order valence-corrected chi connectivity index (χ0v) is 7.62. The van der Waals surface area contributed by atoms with Crippen LogP contribution in [-0.4, -0.2) is 6.09 Å². The van der Waals surface area contributed by atoms with E-state index in [2.05, 4.69) is 11.7 Å². The molecule has 0 fully saturated rings. The van der Waals surface area contributed by atoms with E-state index in [1.54, 1.807) is 12.1 Å². The van der Waals surface area contributed by atoms with Crippen LogP contribution in [0.4, 0.5) is 4.79 Å². The third-order valence-electron chi connectivity index (χ3n) is 1.68. The second kappa shape index (κ2) is 4.50. The van der Waals surface area contributed by atoms with Gasteiger partial charge in [-0.3, -0.25) is 0 Å². The quantitative estimate of drug-likeness (QED) is 0.772. The summed E-state index contributed by atoms with van der Waals surface area (Å²) in [6.07, 6.45) is 1.37. The van der Waals surface area contributed by atoms with Gasteiger partial charge in [0.2, 0.25) is 0 Å². The minimum atomic E-state index is -0.775. The van der Waals surface area contributed by atoms with Crippen molar-refractivity contribution >= 4 is 6.09 Å². The van der Waals surface area contributed by atoms with E-state index in [9.17, 15) is 4.79 Å². The number of hydrogen-bond acceptors (Lipinski definition) is 2. The molecule has 13 heavy (non-hydrogen) atoms. The van der Waals surface area contributed by atoms with E-state index < -0.39 is 6.09 Å². The Morgan fingerprint density at radius 1 is 1.38 bits per heavy atom. The lowest BCUT2D eigenvalue weighted by Gasteiger charge is -2.01. The van der Waals surface area contributed by atoms with Crippen molar-refractivity contribution in [1.29, 1.82) is 0 Å². The maximum Gasteiger partial charge on any atom is 0.409 e. The Balaban J connectivity index is 2.64. The standard InChI is InChI=1S/C10H13NO2/c1-2-3-8-4-6-9(7-5-8)13-10(11)12/h4-7H,2-3H2,1H3,(H2,11,12). The van der Waals surface area contributed by atoms with Crippen LogP contribution < -0.4 is 10.5 Å². The van der Waals surface area contributed by atoms with Crippen molar-refractivity contribution in [2.75, 3.05) is 0 Å². The smallest absolute Gasteiger partial charge is 0.409 e. The predicted octanol–water partition coefficient (Wildman–Crippen LogP) is 2.10. The first-order chi connectivity index (χ1) is 6.22. The van der Waals surface area contributed by atoms with E-state index in [1.807, 2.05) is 12.1 Å². The highest BCUT2D eigenvalue weighted by atomic mass is 16.5. The van der Waals surface area contributed by atoms with Gasteiger partial charge in [-0.15, -0.1) is 0 Å². The molecular weight excluding hydrogens is 166 g/mol. The highest BCUT2D eigenvalue weighted by Crippen LogP contribution is 2.12. The summed E-state index contributed by atoms with van der Waals surface area (Å²) < 4.78 is 4.69. The molecule has 1 amide bonds. The van der Waals surface area contributed by atoms with Gasteiger partial charge in [-0.1, -0.05) is 25.5 Å². The Hall–Kier alpha value is -1.51. The molecule has 2 N–H and O–H groups in total. The van der Waals surface area contributed by atoms with Crippen molar-refractivity contribution in [3.63, 3.8) is 0 Å². The molecule has 0 radical (unpaired) electrons. The SMILES string of the molecule is CCCc1ccc(OC(N)=O)cc1. The molecule has 0 bridgehead atoms. The predicted molar refractivity (Wildman–Crippen MR) is 50.6 cm³/mol. The van der Waals surface area contributed by atoms with E-state index >= 15 is 0 Å². The van der Waals surface area contributed by atoms with Crippen LogP contribution in [0.25, 0.3) is 0 Å². The van der Waals surface area contributed by atoms with Crippen LogP contribution in [0.1, 0.15) is 18.9 Å². The number of carbonyl (C=O) groups is 1. The Kier molecular flexibility index (Phi) is 3.31. The number of rotatable bonds is 3. The molecule has 0 unspecified atom stereocenters. The summed E-state index contributed by atoms with van der Waals surface area (Å²) in [5.74, 6) is 0.493. The number of amides is 1. The maximum atomic E-state index is 10.4. The van der Waals surface area contributed by atoms with Crippen LogP contribution in [0, 0.1) is 0 Å². The van der Waals surface area contributed by atoms with Gasteiger partial charge >= 0.3 is 6.09 Å². The monoisotopic (exact) mass is 179 g/mol. The van der Waals surface area contributed by atoms with Crippen LogP contribution in [0.5, 0.6) is 5.75 Å². The Morgan fingerprint density at radius 3 is 2.46 bits per heavy atom. The molecule has 0 heterocycles. The lowest BCUT2D eigenvalue weighted by molar-refractivity contribution is 0.211. The third-order valence-corrected chi connectivity index (χ3v) is 1.68. The molecule has 0 aromatic heterocycles. The second-order valence-corrected chi connectivity index (χ2v) is 2.82. The first-order valence-electron chi connectivity index (χ1n) is 4.28. The van der Waals surface area contributed by atoms with Crippen LogP contribution in [0.15, 0.2) is 24.3 Å². The van der Waals surface area contributed by atoms with Crippen molar-refractivity contribution in [2.24, 2.45) is 5.73 Å². The Morgan fingerprint density at radius 2 is 2.00 bits per heavy atom.